The fourth-order valence-corrected chi connectivity index (χ4v) is 4.01. The first-order valence-corrected chi connectivity index (χ1v) is 9.63. The van der Waals surface area contributed by atoms with Gasteiger partial charge in [-0.2, -0.15) is 0 Å². The fourth-order valence-electron chi connectivity index (χ4n) is 2.92. The lowest BCUT2D eigenvalue weighted by Crippen LogP contribution is -2.06. The molecular weight excluding hydrogens is 367 g/mol. The van der Waals surface area contributed by atoms with Gasteiger partial charge in [0, 0.05) is 15.5 Å². The molecule has 26 heavy (non-hydrogen) atoms. The number of hydrogen-bond donors (Lipinski definition) is 0. The summed E-state index contributed by atoms with van der Waals surface area (Å²) < 4.78 is 16.4. The zero-order valence-electron chi connectivity index (χ0n) is 13.9. The third kappa shape index (κ3) is 3.48. The average Bonchev–Trinajstić information content (AvgIpc) is 3.01. The van der Waals surface area contributed by atoms with Crippen molar-refractivity contribution in [2.24, 2.45) is 0 Å². The van der Waals surface area contributed by atoms with Gasteiger partial charge in [-0.05, 0) is 36.4 Å². The highest BCUT2D eigenvalue weighted by atomic mass is 35.5. The van der Waals surface area contributed by atoms with Crippen LogP contribution in [0.3, 0.4) is 0 Å². The Bertz CT molecular complexity index is 1030. The number of nitrogens with zero attached hydrogens (tertiary/aromatic N) is 2. The molecule has 4 rings (SSSR count). The van der Waals surface area contributed by atoms with Gasteiger partial charge < -0.3 is 4.57 Å². The number of thioether (sulfide) groups is 1. The minimum atomic E-state index is -0.294. The van der Waals surface area contributed by atoms with E-state index in [-0.39, 0.29) is 5.82 Å². The second-order valence-electron chi connectivity index (χ2n) is 5.90. The number of hydrogen-bond acceptors (Lipinski definition) is 2. The molecule has 0 N–H and O–H groups in total. The molecule has 130 valence electrons. The van der Waals surface area contributed by atoms with Crippen LogP contribution in [0.5, 0.6) is 0 Å². The van der Waals surface area contributed by atoms with E-state index in [0.717, 1.165) is 16.9 Å². The standard InChI is InChI=1S/C21H16ClFN2S/c22-17-9-6-10-18(23)16(17)13-25-20-12-5-4-11-19(20)24-21(25)14-26-15-7-2-1-3-8-15/h1-12H,13-14H2. The lowest BCUT2D eigenvalue weighted by Gasteiger charge is -2.11. The Morgan fingerprint density at radius 2 is 1.69 bits per heavy atom. The summed E-state index contributed by atoms with van der Waals surface area (Å²) in [6, 6.07) is 22.9. The fraction of sp³-hybridized carbons (Fsp3) is 0.0952. The quantitative estimate of drug-likeness (QED) is 0.384. The molecule has 0 aliphatic heterocycles. The SMILES string of the molecule is Fc1cccc(Cl)c1Cn1c(CSc2ccccc2)nc2ccccc21. The van der Waals surface area contributed by atoms with E-state index < -0.39 is 0 Å². The summed E-state index contributed by atoms with van der Waals surface area (Å²) in [5.41, 5.74) is 2.38. The molecule has 1 heterocycles. The third-order valence-electron chi connectivity index (χ3n) is 4.22. The first kappa shape index (κ1) is 17.1. The lowest BCUT2D eigenvalue weighted by atomic mass is 10.2. The van der Waals surface area contributed by atoms with E-state index in [2.05, 4.69) is 16.7 Å². The van der Waals surface area contributed by atoms with Crippen molar-refractivity contribution in [3.63, 3.8) is 0 Å². The van der Waals surface area contributed by atoms with Crippen molar-refractivity contribution in [1.29, 1.82) is 0 Å². The Labute approximate surface area is 160 Å². The molecule has 2 nitrogen and oxygen atoms in total. The van der Waals surface area contributed by atoms with Crippen molar-refractivity contribution in [3.8, 4) is 0 Å². The van der Waals surface area contributed by atoms with Crippen LogP contribution in [-0.4, -0.2) is 9.55 Å². The van der Waals surface area contributed by atoms with Crippen molar-refractivity contribution in [2.75, 3.05) is 0 Å². The number of para-hydroxylation sites is 2. The molecule has 0 fully saturated rings. The molecule has 0 spiro atoms. The summed E-state index contributed by atoms with van der Waals surface area (Å²) in [7, 11) is 0. The molecule has 5 heteroatoms. The van der Waals surface area contributed by atoms with Crippen LogP contribution in [0.25, 0.3) is 11.0 Å². The van der Waals surface area contributed by atoms with Crippen LogP contribution in [0.2, 0.25) is 5.02 Å². The van der Waals surface area contributed by atoms with Gasteiger partial charge in [-0.1, -0.05) is 48.0 Å². The van der Waals surface area contributed by atoms with Crippen LogP contribution >= 0.6 is 23.4 Å². The molecule has 0 aliphatic carbocycles. The van der Waals surface area contributed by atoms with Crippen molar-refractivity contribution < 1.29 is 4.39 Å². The molecule has 0 aliphatic rings. The van der Waals surface area contributed by atoms with Crippen LogP contribution in [0.15, 0.2) is 77.7 Å². The molecule has 0 amide bonds. The normalized spacial score (nSPS) is 11.2. The maximum atomic E-state index is 14.3. The highest BCUT2D eigenvalue weighted by molar-refractivity contribution is 7.98. The van der Waals surface area contributed by atoms with Crippen LogP contribution in [-0.2, 0) is 12.3 Å². The molecule has 3 aromatic carbocycles. The highest BCUT2D eigenvalue weighted by Crippen LogP contribution is 2.27. The average molecular weight is 383 g/mol. The van der Waals surface area contributed by atoms with Crippen LogP contribution in [0.4, 0.5) is 4.39 Å². The van der Waals surface area contributed by atoms with Gasteiger partial charge in [0.1, 0.15) is 11.6 Å². The Hall–Kier alpha value is -2.30. The number of fused-ring (bicyclic) bond motifs is 1. The van der Waals surface area contributed by atoms with E-state index in [9.17, 15) is 4.39 Å². The Kier molecular flexibility index (Phi) is 4.96. The molecule has 0 radical (unpaired) electrons. The topological polar surface area (TPSA) is 17.8 Å². The number of rotatable bonds is 5. The minimum Gasteiger partial charge on any atom is -0.323 e. The predicted octanol–water partition coefficient (Wildman–Crippen LogP) is 6.17. The Morgan fingerprint density at radius 3 is 2.50 bits per heavy atom. The first-order chi connectivity index (χ1) is 12.7. The smallest absolute Gasteiger partial charge is 0.129 e. The van der Waals surface area contributed by atoms with Gasteiger partial charge in [-0.15, -0.1) is 11.8 Å². The summed E-state index contributed by atoms with van der Waals surface area (Å²) in [4.78, 5) is 5.94. The van der Waals surface area contributed by atoms with E-state index in [1.807, 2.05) is 42.5 Å². The van der Waals surface area contributed by atoms with E-state index >= 15 is 0 Å². The number of halogens is 2. The van der Waals surface area contributed by atoms with Crippen molar-refractivity contribution in [1.82, 2.24) is 9.55 Å². The molecule has 1 aromatic heterocycles. The van der Waals surface area contributed by atoms with E-state index in [0.29, 0.717) is 22.9 Å². The second kappa shape index (κ2) is 7.52. The molecular formula is C21H16ClFN2S. The number of aromatic nitrogens is 2. The van der Waals surface area contributed by atoms with Gasteiger partial charge in [-0.3, -0.25) is 0 Å². The summed E-state index contributed by atoms with van der Waals surface area (Å²) in [6.07, 6.45) is 0. The molecule has 0 atom stereocenters. The zero-order chi connectivity index (χ0) is 17.9. The molecule has 0 saturated carbocycles. The summed E-state index contributed by atoms with van der Waals surface area (Å²) >= 11 is 7.96. The van der Waals surface area contributed by atoms with E-state index in [4.69, 9.17) is 16.6 Å². The molecule has 0 bridgehead atoms. The maximum absolute atomic E-state index is 14.3. The van der Waals surface area contributed by atoms with Gasteiger partial charge in [0.05, 0.1) is 23.3 Å². The van der Waals surface area contributed by atoms with E-state index in [1.54, 1.807) is 23.9 Å². The highest BCUT2D eigenvalue weighted by Gasteiger charge is 2.15. The lowest BCUT2D eigenvalue weighted by molar-refractivity contribution is 0.599. The largest absolute Gasteiger partial charge is 0.323 e. The molecule has 0 unspecified atom stereocenters. The van der Waals surface area contributed by atoms with Crippen molar-refractivity contribution in [3.05, 3.63) is 95.0 Å². The Morgan fingerprint density at radius 1 is 0.923 bits per heavy atom. The van der Waals surface area contributed by atoms with Gasteiger partial charge >= 0.3 is 0 Å². The van der Waals surface area contributed by atoms with Crippen molar-refractivity contribution in [2.45, 2.75) is 17.2 Å². The number of benzene rings is 3. The summed E-state index contributed by atoms with van der Waals surface area (Å²) in [5, 5.41) is 0.435. The predicted molar refractivity (Wildman–Crippen MR) is 106 cm³/mol. The van der Waals surface area contributed by atoms with Gasteiger partial charge in [0.2, 0.25) is 0 Å². The van der Waals surface area contributed by atoms with Crippen LogP contribution in [0.1, 0.15) is 11.4 Å². The summed E-state index contributed by atoms with van der Waals surface area (Å²) in [6.45, 7) is 0.358. The van der Waals surface area contributed by atoms with Crippen LogP contribution < -0.4 is 0 Å². The zero-order valence-corrected chi connectivity index (χ0v) is 15.5. The van der Waals surface area contributed by atoms with Gasteiger partial charge in [0.25, 0.3) is 0 Å². The summed E-state index contributed by atoms with van der Waals surface area (Å²) in [5.74, 6) is 1.31. The molecule has 4 aromatic rings. The van der Waals surface area contributed by atoms with Gasteiger partial charge in [0.15, 0.2) is 0 Å². The second-order valence-corrected chi connectivity index (χ2v) is 7.36. The minimum absolute atomic E-state index is 0.294. The van der Waals surface area contributed by atoms with Gasteiger partial charge in [-0.25, -0.2) is 9.37 Å². The number of imidazole rings is 1. The monoisotopic (exact) mass is 382 g/mol. The third-order valence-corrected chi connectivity index (χ3v) is 5.58. The first-order valence-electron chi connectivity index (χ1n) is 8.27. The Balaban J connectivity index is 1.72. The van der Waals surface area contributed by atoms with Crippen molar-refractivity contribution >= 4 is 34.4 Å². The van der Waals surface area contributed by atoms with E-state index in [1.165, 1.54) is 11.0 Å². The van der Waals surface area contributed by atoms with Crippen LogP contribution in [0, 0.1) is 5.82 Å². The molecule has 0 saturated heterocycles. The maximum Gasteiger partial charge on any atom is 0.129 e.